The fraction of sp³-hybridized carbons (Fsp3) is 0.400. The summed E-state index contributed by atoms with van der Waals surface area (Å²) >= 11 is 0.730. The summed E-state index contributed by atoms with van der Waals surface area (Å²) in [5.74, 6) is -0.350. The SMILES string of the molecule is CCOC(=O)c1cc2cc(SSO)c(C(C)(C)C)cc2[nH]1. The van der Waals surface area contributed by atoms with Crippen molar-refractivity contribution in [2.75, 3.05) is 6.61 Å². The normalized spacial score (nSPS) is 11.9. The quantitative estimate of drug-likeness (QED) is 0.478. The first kappa shape index (κ1) is 16.3. The van der Waals surface area contributed by atoms with Gasteiger partial charge in [-0.3, -0.25) is 0 Å². The fourth-order valence-corrected chi connectivity index (χ4v) is 3.54. The van der Waals surface area contributed by atoms with Crippen LogP contribution in [0.3, 0.4) is 0 Å². The number of carbonyl (C=O) groups excluding carboxylic acids is 1. The molecule has 0 amide bonds. The average Bonchev–Trinajstić information content (AvgIpc) is 2.80. The largest absolute Gasteiger partial charge is 0.461 e. The lowest BCUT2D eigenvalue weighted by Crippen LogP contribution is -2.12. The maximum Gasteiger partial charge on any atom is 0.354 e. The molecule has 0 saturated heterocycles. The lowest BCUT2D eigenvalue weighted by molar-refractivity contribution is 0.0520. The van der Waals surface area contributed by atoms with Crippen LogP contribution in [0.2, 0.25) is 0 Å². The minimum Gasteiger partial charge on any atom is -0.461 e. The van der Waals surface area contributed by atoms with Gasteiger partial charge in [-0.1, -0.05) is 20.8 Å². The fourth-order valence-electron chi connectivity index (χ4n) is 2.17. The highest BCUT2D eigenvalue weighted by molar-refractivity contribution is 8.74. The van der Waals surface area contributed by atoms with Crippen molar-refractivity contribution in [3.05, 3.63) is 29.5 Å². The van der Waals surface area contributed by atoms with E-state index in [0.29, 0.717) is 12.3 Å². The van der Waals surface area contributed by atoms with Crippen molar-refractivity contribution in [1.29, 1.82) is 0 Å². The Kier molecular flexibility index (Phi) is 4.91. The van der Waals surface area contributed by atoms with Crippen molar-refractivity contribution in [1.82, 2.24) is 4.98 Å². The molecule has 2 aromatic rings. The number of rotatable bonds is 4. The van der Waals surface area contributed by atoms with Gasteiger partial charge in [0.05, 0.1) is 17.7 Å². The number of hydrogen-bond acceptors (Lipinski definition) is 5. The molecular formula is C15H19NO3S2. The van der Waals surface area contributed by atoms with Gasteiger partial charge in [0.2, 0.25) is 0 Å². The van der Waals surface area contributed by atoms with E-state index in [1.54, 1.807) is 13.0 Å². The highest BCUT2D eigenvalue weighted by atomic mass is 33.1. The maximum absolute atomic E-state index is 11.8. The third-order valence-electron chi connectivity index (χ3n) is 3.15. The van der Waals surface area contributed by atoms with Crippen molar-refractivity contribution >= 4 is 38.7 Å². The van der Waals surface area contributed by atoms with Crippen molar-refractivity contribution in [2.24, 2.45) is 0 Å². The summed E-state index contributed by atoms with van der Waals surface area (Å²) in [7, 11) is 1.31. The second kappa shape index (κ2) is 6.34. The molecule has 0 aliphatic rings. The molecule has 0 aliphatic heterocycles. The van der Waals surface area contributed by atoms with Crippen LogP contribution in [0.5, 0.6) is 0 Å². The second-order valence-corrected chi connectivity index (χ2v) is 7.45. The molecule has 114 valence electrons. The number of nitrogens with one attached hydrogen (secondary N) is 1. The van der Waals surface area contributed by atoms with E-state index in [-0.39, 0.29) is 11.4 Å². The smallest absolute Gasteiger partial charge is 0.354 e. The molecule has 0 saturated carbocycles. The van der Waals surface area contributed by atoms with Gasteiger partial charge in [-0.2, -0.15) is 0 Å². The molecular weight excluding hydrogens is 306 g/mol. The first-order chi connectivity index (χ1) is 9.86. The van der Waals surface area contributed by atoms with Crippen LogP contribution < -0.4 is 0 Å². The van der Waals surface area contributed by atoms with E-state index in [1.165, 1.54) is 10.8 Å². The summed E-state index contributed by atoms with van der Waals surface area (Å²) in [5.41, 5.74) is 2.42. The van der Waals surface area contributed by atoms with Crippen LogP contribution >= 0.6 is 21.9 Å². The number of hydrogen-bond donors (Lipinski definition) is 2. The topological polar surface area (TPSA) is 62.3 Å². The highest BCUT2D eigenvalue weighted by Gasteiger charge is 2.21. The van der Waals surface area contributed by atoms with Crippen molar-refractivity contribution < 1.29 is 14.1 Å². The summed E-state index contributed by atoms with van der Waals surface area (Å²) in [6, 6.07) is 5.81. The molecule has 2 N–H and O–H groups in total. The monoisotopic (exact) mass is 325 g/mol. The summed E-state index contributed by atoms with van der Waals surface area (Å²) in [4.78, 5) is 15.9. The van der Waals surface area contributed by atoms with Gasteiger partial charge in [0.1, 0.15) is 5.69 Å². The Hall–Kier alpha value is -1.11. The third kappa shape index (κ3) is 3.56. The van der Waals surface area contributed by atoms with Gasteiger partial charge in [0.15, 0.2) is 0 Å². The molecule has 0 spiro atoms. The number of fused-ring (bicyclic) bond motifs is 1. The molecule has 0 atom stereocenters. The molecule has 1 aromatic carbocycles. The zero-order valence-electron chi connectivity index (χ0n) is 12.5. The predicted octanol–water partition coefficient (Wildman–Crippen LogP) is 4.86. The zero-order valence-corrected chi connectivity index (χ0v) is 14.2. The lowest BCUT2D eigenvalue weighted by Gasteiger charge is -2.22. The van der Waals surface area contributed by atoms with E-state index in [1.807, 2.05) is 12.1 Å². The Morgan fingerprint density at radius 3 is 2.62 bits per heavy atom. The first-order valence-electron chi connectivity index (χ1n) is 6.69. The number of H-pyrrole nitrogens is 1. The van der Waals surface area contributed by atoms with E-state index in [9.17, 15) is 4.79 Å². The molecule has 0 fully saturated rings. The van der Waals surface area contributed by atoms with Gasteiger partial charge in [0.25, 0.3) is 0 Å². The molecule has 2 rings (SSSR count). The number of benzene rings is 1. The number of esters is 1. The van der Waals surface area contributed by atoms with E-state index in [4.69, 9.17) is 9.29 Å². The van der Waals surface area contributed by atoms with E-state index in [0.717, 1.165) is 32.4 Å². The Labute approximate surface area is 132 Å². The zero-order chi connectivity index (χ0) is 15.6. The van der Waals surface area contributed by atoms with E-state index in [2.05, 4.69) is 25.8 Å². The molecule has 1 heterocycles. The lowest BCUT2D eigenvalue weighted by atomic mass is 9.86. The van der Waals surface area contributed by atoms with Crippen molar-refractivity contribution in [3.8, 4) is 0 Å². The summed E-state index contributed by atoms with van der Waals surface area (Å²) in [6.07, 6.45) is 0. The average molecular weight is 325 g/mol. The molecule has 0 unspecified atom stereocenters. The van der Waals surface area contributed by atoms with Crippen molar-refractivity contribution in [3.63, 3.8) is 0 Å². The Balaban J connectivity index is 2.54. The number of ether oxygens (including phenoxy) is 1. The van der Waals surface area contributed by atoms with Crippen LogP contribution in [0.15, 0.2) is 23.1 Å². The van der Waals surface area contributed by atoms with Gasteiger partial charge >= 0.3 is 5.97 Å². The van der Waals surface area contributed by atoms with Gasteiger partial charge in [-0.15, -0.1) is 0 Å². The Bertz CT molecular complexity index is 659. The van der Waals surface area contributed by atoms with Gasteiger partial charge < -0.3 is 14.3 Å². The predicted molar refractivity (Wildman–Crippen MR) is 89.0 cm³/mol. The molecule has 6 heteroatoms. The Morgan fingerprint density at radius 1 is 1.33 bits per heavy atom. The van der Waals surface area contributed by atoms with Crippen LogP contribution in [0.4, 0.5) is 0 Å². The first-order valence-corrected chi connectivity index (χ1v) is 8.80. The third-order valence-corrected chi connectivity index (χ3v) is 4.51. The molecule has 0 radical (unpaired) electrons. The minimum atomic E-state index is -0.350. The van der Waals surface area contributed by atoms with Crippen molar-refractivity contribution in [2.45, 2.75) is 38.0 Å². The van der Waals surface area contributed by atoms with Crippen LogP contribution in [0.1, 0.15) is 43.7 Å². The van der Waals surface area contributed by atoms with Gasteiger partial charge in [-0.05, 0) is 46.9 Å². The molecule has 4 nitrogen and oxygen atoms in total. The van der Waals surface area contributed by atoms with Crippen LogP contribution in [0, 0.1) is 0 Å². The van der Waals surface area contributed by atoms with Crippen LogP contribution in [0.25, 0.3) is 10.9 Å². The molecule has 0 aliphatic carbocycles. The van der Waals surface area contributed by atoms with Crippen LogP contribution in [-0.4, -0.2) is 22.1 Å². The van der Waals surface area contributed by atoms with E-state index >= 15 is 0 Å². The number of aromatic amines is 1. The Morgan fingerprint density at radius 2 is 2.05 bits per heavy atom. The van der Waals surface area contributed by atoms with Gasteiger partial charge in [-0.25, -0.2) is 4.79 Å². The standard InChI is InChI=1S/C15H19NO3S2/c1-5-19-14(17)12-6-9-7-13(20-21-18)10(15(2,3)4)8-11(9)16-12/h6-8,16,18H,5H2,1-4H3. The molecule has 0 bridgehead atoms. The molecule has 21 heavy (non-hydrogen) atoms. The number of carbonyl (C=O) groups is 1. The summed E-state index contributed by atoms with van der Waals surface area (Å²) in [6.45, 7) is 8.50. The van der Waals surface area contributed by atoms with Crippen LogP contribution in [-0.2, 0) is 10.2 Å². The summed E-state index contributed by atoms with van der Waals surface area (Å²) in [5, 5.41) is 0.933. The highest BCUT2D eigenvalue weighted by Crippen LogP contribution is 2.39. The molecule has 1 aromatic heterocycles. The minimum absolute atomic E-state index is 0.0541. The summed E-state index contributed by atoms with van der Waals surface area (Å²) < 4.78 is 14.2. The maximum atomic E-state index is 11.8. The van der Waals surface area contributed by atoms with Gasteiger partial charge in [0, 0.05) is 15.8 Å². The van der Waals surface area contributed by atoms with E-state index < -0.39 is 0 Å². The number of aromatic nitrogens is 1. The second-order valence-electron chi connectivity index (χ2n) is 5.75.